The topological polar surface area (TPSA) is 61.4 Å². The van der Waals surface area contributed by atoms with Gasteiger partial charge in [-0.15, -0.1) is 21.5 Å². The van der Waals surface area contributed by atoms with Crippen molar-refractivity contribution in [3.63, 3.8) is 0 Å². The van der Waals surface area contributed by atoms with Crippen molar-refractivity contribution in [3.05, 3.63) is 505 Å². The minimum atomic E-state index is -0.194. The number of para-hydroxylation sites is 2. The number of benzene rings is 16. The highest BCUT2D eigenvalue weighted by Gasteiger charge is 2.09. The largest absolute Gasteiger partial charge is 0.220 e. The highest BCUT2D eigenvalue weighted by molar-refractivity contribution is 7.13. The van der Waals surface area contributed by atoms with Crippen LogP contribution in [0.5, 0.6) is 0 Å². The predicted octanol–water partition coefficient (Wildman–Crippen LogP) is 30.3. The molecule has 0 unspecified atom stereocenters. The molecule has 6 nitrogen and oxygen atoms in total. The third kappa shape index (κ3) is 26.2. The first-order valence-corrected chi connectivity index (χ1v) is 41.2. The molecule has 0 fully saturated rings. The Morgan fingerprint density at radius 3 is 0.867 bits per heavy atom. The van der Waals surface area contributed by atoms with Gasteiger partial charge in [-0.2, -0.15) is 0 Å². The van der Waals surface area contributed by atoms with Gasteiger partial charge in [0.2, 0.25) is 0 Å². The molecule has 590 valence electrons. The van der Waals surface area contributed by atoms with Crippen LogP contribution in [-0.2, 0) is 0 Å². The Balaban J connectivity index is 0.000000126. The molecule has 3 aromatic heterocycles. The molecular formula is C112H99FN6S. The van der Waals surface area contributed by atoms with Gasteiger partial charge in [-0.3, -0.25) is 0 Å². The summed E-state index contributed by atoms with van der Waals surface area (Å²) in [6, 6.07) is 149. The number of thiophene rings is 1. The Labute approximate surface area is 712 Å². The molecule has 3 heterocycles. The SMILES string of the molecule is Cc1ccc(-c2ccc(-c3ccccc3)cc2)cc1.Cc1ccc(-c2ccc(F)cc2)cc1.Cc1ccc(-c2ccccc2)cc1.Cc1ccc(-c2cccs2)cc1.Cc1ccc(-c2cn(-c3ccccc3)nn2)cc1.Cc1cccc(-c2ccccc2)c1.Cc1cccc(-c2cn(-c3ccccc3)nn2)c1.Cc1ccccc1-c1ccccc1. The lowest BCUT2D eigenvalue weighted by Crippen LogP contribution is -1.93. The van der Waals surface area contributed by atoms with E-state index in [0.29, 0.717) is 0 Å². The molecule has 0 atom stereocenters. The van der Waals surface area contributed by atoms with Crippen molar-refractivity contribution in [1.82, 2.24) is 30.0 Å². The van der Waals surface area contributed by atoms with Gasteiger partial charge < -0.3 is 0 Å². The quantitative estimate of drug-likeness (QED) is 0.129. The summed E-state index contributed by atoms with van der Waals surface area (Å²) in [6.07, 6.45) is 3.89. The number of aryl methyl sites for hydroxylation is 8. The number of hydrogen-bond donors (Lipinski definition) is 0. The number of hydrogen-bond acceptors (Lipinski definition) is 5. The molecule has 0 aliphatic rings. The lowest BCUT2D eigenvalue weighted by Gasteiger charge is -2.05. The van der Waals surface area contributed by atoms with Crippen molar-refractivity contribution >= 4 is 11.3 Å². The fraction of sp³-hybridized carbons (Fsp3) is 0.0714. The second-order valence-corrected chi connectivity index (χ2v) is 30.1. The minimum absolute atomic E-state index is 0.194. The first-order chi connectivity index (χ1) is 58.7. The molecule has 19 aromatic rings. The zero-order chi connectivity index (χ0) is 83.5. The van der Waals surface area contributed by atoms with Crippen molar-refractivity contribution in [3.8, 4) is 111 Å². The maximum Gasteiger partial charge on any atom is 0.123 e. The summed E-state index contributed by atoms with van der Waals surface area (Å²) in [5, 5.41) is 18.8. The van der Waals surface area contributed by atoms with E-state index in [1.807, 2.05) is 122 Å². The van der Waals surface area contributed by atoms with Crippen molar-refractivity contribution < 1.29 is 4.39 Å². The zero-order valence-corrected chi connectivity index (χ0v) is 70.1. The van der Waals surface area contributed by atoms with E-state index in [0.717, 1.165) is 45.0 Å². The van der Waals surface area contributed by atoms with E-state index in [1.54, 1.807) is 32.8 Å². The van der Waals surface area contributed by atoms with Crippen LogP contribution in [0.15, 0.2) is 455 Å². The second-order valence-electron chi connectivity index (χ2n) is 29.2. The third-order valence-electron chi connectivity index (χ3n) is 19.7. The highest BCUT2D eigenvalue weighted by Crippen LogP contribution is 2.29. The molecule has 0 bridgehead atoms. The maximum atomic E-state index is 12.7. The molecule has 0 N–H and O–H groups in total. The molecule has 0 aliphatic carbocycles. The lowest BCUT2D eigenvalue weighted by molar-refractivity contribution is 0.628. The monoisotopic (exact) mass is 1580 g/mol. The Hall–Kier alpha value is -14.6. The second kappa shape index (κ2) is 44.5. The summed E-state index contributed by atoms with van der Waals surface area (Å²) < 4.78 is 16.2. The van der Waals surface area contributed by atoms with Crippen LogP contribution in [0.2, 0.25) is 0 Å². The zero-order valence-electron chi connectivity index (χ0n) is 69.3. The van der Waals surface area contributed by atoms with Crippen LogP contribution >= 0.6 is 11.3 Å². The summed E-state index contributed by atoms with van der Waals surface area (Å²) in [6.45, 7) is 16.8. The number of halogens is 1. The van der Waals surface area contributed by atoms with E-state index < -0.39 is 0 Å². The maximum absolute atomic E-state index is 12.7. The van der Waals surface area contributed by atoms with Crippen LogP contribution in [0.4, 0.5) is 4.39 Å². The number of rotatable bonds is 11. The van der Waals surface area contributed by atoms with E-state index in [2.05, 4.69) is 385 Å². The fourth-order valence-corrected chi connectivity index (χ4v) is 13.6. The van der Waals surface area contributed by atoms with Gasteiger partial charge in [0.05, 0.1) is 23.8 Å². The van der Waals surface area contributed by atoms with Crippen LogP contribution in [-0.4, -0.2) is 30.0 Å². The fourth-order valence-electron chi connectivity index (χ4n) is 12.9. The average Bonchev–Trinajstić information content (AvgIpc) is 1.47. The minimum Gasteiger partial charge on any atom is -0.220 e. The number of aromatic nitrogens is 6. The van der Waals surface area contributed by atoms with Crippen LogP contribution in [0.25, 0.3) is 111 Å². The van der Waals surface area contributed by atoms with Crippen molar-refractivity contribution in [2.45, 2.75) is 55.4 Å². The number of nitrogens with zero attached hydrogens (tertiary/aromatic N) is 6. The van der Waals surface area contributed by atoms with Gasteiger partial charge in [0.1, 0.15) is 17.2 Å². The van der Waals surface area contributed by atoms with Crippen molar-refractivity contribution in [2.24, 2.45) is 0 Å². The van der Waals surface area contributed by atoms with E-state index >= 15 is 0 Å². The Morgan fingerprint density at radius 2 is 0.500 bits per heavy atom. The molecule has 120 heavy (non-hydrogen) atoms. The van der Waals surface area contributed by atoms with Gasteiger partial charge in [0, 0.05) is 16.0 Å². The molecule has 0 amide bonds. The van der Waals surface area contributed by atoms with Gasteiger partial charge in [0.25, 0.3) is 0 Å². The highest BCUT2D eigenvalue weighted by atomic mass is 32.1. The Morgan fingerprint density at radius 1 is 0.217 bits per heavy atom. The Kier molecular flexibility index (Phi) is 31.5. The lowest BCUT2D eigenvalue weighted by atomic mass is 10.00. The molecule has 0 saturated heterocycles. The summed E-state index contributed by atoms with van der Waals surface area (Å²) in [4.78, 5) is 1.34. The van der Waals surface area contributed by atoms with Gasteiger partial charge in [-0.25, -0.2) is 13.8 Å². The van der Waals surface area contributed by atoms with E-state index in [9.17, 15) is 4.39 Å². The molecule has 0 spiro atoms. The molecule has 0 saturated carbocycles. The Bertz CT molecular complexity index is 6100. The summed E-state index contributed by atoms with van der Waals surface area (Å²) in [5.74, 6) is -0.194. The van der Waals surface area contributed by atoms with Crippen LogP contribution in [0.3, 0.4) is 0 Å². The third-order valence-corrected chi connectivity index (χ3v) is 20.6. The van der Waals surface area contributed by atoms with Gasteiger partial charge in [-0.05, 0) is 187 Å². The summed E-state index contributed by atoms with van der Waals surface area (Å²) in [5.41, 5.74) is 32.5. The standard InChI is InChI=1S/C19H16.2C15H13N3.C13H11F.3C13H12.C11H10S/c1-15-7-9-17(10-8-15)19-13-11-18(12-14-19)16-5-3-2-4-6-16;1-12-6-5-7-13(10-12)15-11-18(17-16-15)14-8-3-2-4-9-14;1-12-7-9-13(10-8-12)15-11-18(17-16-15)14-5-3-2-4-6-14;1-10-2-4-11(5-3-10)12-6-8-13(14)9-7-12;1-11-7-5-6-10-13(11)12-8-3-2-4-9-12;1-11-6-5-9-13(10-11)12-7-3-2-4-8-12;1-11-7-9-13(10-8-11)12-5-3-2-4-6-12;1-9-4-6-10(7-5-9)11-3-2-8-12-11/h2-14H,1H3;2*2-11H,1H3;2-9H,1H3;3*2-10H,1H3;2-8H,1H3. The van der Waals surface area contributed by atoms with Crippen molar-refractivity contribution in [1.29, 1.82) is 0 Å². The predicted molar refractivity (Wildman–Crippen MR) is 506 cm³/mol. The van der Waals surface area contributed by atoms with E-state index in [4.69, 9.17) is 0 Å². The van der Waals surface area contributed by atoms with Crippen LogP contribution in [0, 0.1) is 61.2 Å². The summed E-state index contributed by atoms with van der Waals surface area (Å²) in [7, 11) is 0. The normalized spacial score (nSPS) is 10.2. The van der Waals surface area contributed by atoms with Gasteiger partial charge in [0.15, 0.2) is 0 Å². The van der Waals surface area contributed by atoms with Crippen molar-refractivity contribution in [2.75, 3.05) is 0 Å². The first-order valence-electron chi connectivity index (χ1n) is 40.3. The molecule has 0 aliphatic heterocycles. The molecule has 8 heteroatoms. The molecule has 16 aromatic carbocycles. The van der Waals surface area contributed by atoms with Gasteiger partial charge in [-0.1, -0.05) is 438 Å². The first kappa shape index (κ1) is 84.8. The molecule has 19 rings (SSSR count). The summed E-state index contributed by atoms with van der Waals surface area (Å²) >= 11 is 1.78. The van der Waals surface area contributed by atoms with Gasteiger partial charge >= 0.3 is 0 Å². The molecular weight excluding hydrogens is 1480 g/mol. The van der Waals surface area contributed by atoms with Crippen LogP contribution in [0.1, 0.15) is 44.5 Å². The van der Waals surface area contributed by atoms with E-state index in [1.165, 1.54) is 123 Å². The van der Waals surface area contributed by atoms with E-state index in [-0.39, 0.29) is 5.82 Å². The molecule has 0 radical (unpaired) electrons. The van der Waals surface area contributed by atoms with Crippen LogP contribution < -0.4 is 0 Å². The average molecular weight is 1580 g/mol. The smallest absolute Gasteiger partial charge is 0.123 e.